The van der Waals surface area contributed by atoms with Gasteiger partial charge in [-0.2, -0.15) is 0 Å². The van der Waals surface area contributed by atoms with Crippen LogP contribution >= 0.6 is 0 Å². The Morgan fingerprint density at radius 1 is 1.04 bits per heavy atom. The number of fused-ring (bicyclic) bond motifs is 3. The zero-order valence-electron chi connectivity index (χ0n) is 17.7. The zero-order valence-corrected chi connectivity index (χ0v) is 17.7. The maximum Gasteiger partial charge on any atom is 0.0760 e. The molecule has 2 saturated carbocycles. The van der Waals surface area contributed by atoms with Gasteiger partial charge in [-0.3, -0.25) is 0 Å². The van der Waals surface area contributed by atoms with Gasteiger partial charge in [0.1, 0.15) is 0 Å². The molecule has 2 aliphatic carbocycles. The molecule has 0 spiro atoms. The summed E-state index contributed by atoms with van der Waals surface area (Å²) in [6.07, 6.45) is 16.1. The summed E-state index contributed by atoms with van der Waals surface area (Å²) in [4.78, 5) is 0. The Bertz CT molecular complexity index is 463. The molecule has 0 aromatic rings. The second-order valence-corrected chi connectivity index (χ2v) is 10.5. The molecule has 27 heavy (non-hydrogen) atoms. The number of morpholine rings is 1. The Morgan fingerprint density at radius 3 is 2.52 bits per heavy atom. The predicted molar refractivity (Wildman–Crippen MR) is 111 cm³/mol. The number of hydrogen-bond acceptors (Lipinski definition) is 3. The van der Waals surface area contributed by atoms with Gasteiger partial charge in [-0.05, 0) is 55.3 Å². The highest BCUT2D eigenvalue weighted by molar-refractivity contribution is 5.00. The number of aliphatic hydroxyl groups excluding tert-OH is 1. The average molecular weight is 378 g/mol. The van der Waals surface area contributed by atoms with Crippen molar-refractivity contribution in [3.63, 3.8) is 0 Å². The van der Waals surface area contributed by atoms with E-state index in [1.807, 2.05) is 0 Å². The molecular formula is C24H43NO2. The minimum absolute atomic E-state index is 0.0994. The van der Waals surface area contributed by atoms with Crippen LogP contribution in [-0.4, -0.2) is 36.0 Å². The first kappa shape index (κ1) is 20.2. The van der Waals surface area contributed by atoms with E-state index >= 15 is 0 Å². The van der Waals surface area contributed by atoms with E-state index in [9.17, 15) is 5.11 Å². The second kappa shape index (κ2) is 9.13. The fraction of sp³-hybridized carbons (Fsp3) is 1.00. The normalized spacial score (nSPS) is 42.3. The second-order valence-electron chi connectivity index (χ2n) is 10.5. The van der Waals surface area contributed by atoms with Crippen LogP contribution in [0.5, 0.6) is 0 Å². The van der Waals surface area contributed by atoms with Crippen molar-refractivity contribution in [3.8, 4) is 0 Å². The van der Waals surface area contributed by atoms with E-state index in [4.69, 9.17) is 4.74 Å². The van der Waals surface area contributed by atoms with Crippen molar-refractivity contribution in [2.75, 3.05) is 6.61 Å². The fourth-order valence-corrected chi connectivity index (χ4v) is 7.13. The van der Waals surface area contributed by atoms with Gasteiger partial charge >= 0.3 is 0 Å². The molecule has 5 fully saturated rings. The highest BCUT2D eigenvalue weighted by atomic mass is 16.5. The lowest BCUT2D eigenvalue weighted by Crippen LogP contribution is -2.64. The van der Waals surface area contributed by atoms with Gasteiger partial charge in [0.25, 0.3) is 0 Å². The summed E-state index contributed by atoms with van der Waals surface area (Å²) in [7, 11) is 0. The van der Waals surface area contributed by atoms with Gasteiger partial charge in [-0.15, -0.1) is 0 Å². The van der Waals surface area contributed by atoms with E-state index in [0.717, 1.165) is 18.9 Å². The van der Waals surface area contributed by atoms with Gasteiger partial charge in [0.15, 0.2) is 0 Å². The van der Waals surface area contributed by atoms with E-state index in [-0.39, 0.29) is 6.10 Å². The lowest BCUT2D eigenvalue weighted by atomic mass is 9.69. The molecule has 156 valence electrons. The summed E-state index contributed by atoms with van der Waals surface area (Å²) in [5.41, 5.74) is 0. The number of nitrogens with one attached hydrogen (secondary N) is 1. The van der Waals surface area contributed by atoms with Crippen LogP contribution in [0, 0.1) is 29.6 Å². The fourth-order valence-electron chi connectivity index (χ4n) is 7.13. The van der Waals surface area contributed by atoms with Gasteiger partial charge in [0.05, 0.1) is 18.8 Å². The van der Waals surface area contributed by atoms with Crippen molar-refractivity contribution in [2.24, 2.45) is 29.6 Å². The van der Waals surface area contributed by atoms with Crippen molar-refractivity contribution < 1.29 is 9.84 Å². The van der Waals surface area contributed by atoms with E-state index in [2.05, 4.69) is 19.2 Å². The Balaban J connectivity index is 1.38. The summed E-state index contributed by atoms with van der Waals surface area (Å²) in [6.45, 7) is 5.58. The number of ether oxygens (including phenoxy) is 1. The number of hydrogen-bond donors (Lipinski definition) is 2. The first-order valence-corrected chi connectivity index (χ1v) is 12.2. The van der Waals surface area contributed by atoms with Gasteiger partial charge in [-0.25, -0.2) is 0 Å². The Kier molecular flexibility index (Phi) is 6.82. The minimum atomic E-state index is -0.0994. The molecule has 3 saturated heterocycles. The van der Waals surface area contributed by atoms with E-state index < -0.39 is 0 Å². The van der Waals surface area contributed by atoms with Crippen molar-refractivity contribution >= 4 is 0 Å². The van der Waals surface area contributed by atoms with E-state index in [1.54, 1.807) is 0 Å². The SMILES string of the molecule is CCC(CC(O)C1CCCC1C)C1CC2COC1C(CC1CCCCC1)N2. The molecule has 8 unspecified atom stereocenters. The maximum atomic E-state index is 11.0. The zero-order chi connectivity index (χ0) is 18.8. The molecule has 2 bridgehead atoms. The Hall–Kier alpha value is -0.120. The van der Waals surface area contributed by atoms with Crippen molar-refractivity contribution in [2.45, 2.75) is 115 Å². The monoisotopic (exact) mass is 377 g/mol. The summed E-state index contributed by atoms with van der Waals surface area (Å²) in [6, 6.07) is 1.10. The lowest BCUT2D eigenvalue weighted by Gasteiger charge is -2.52. The molecule has 0 radical (unpaired) electrons. The van der Waals surface area contributed by atoms with Gasteiger partial charge in [0.2, 0.25) is 0 Å². The van der Waals surface area contributed by atoms with Crippen LogP contribution in [0.15, 0.2) is 0 Å². The van der Waals surface area contributed by atoms with Crippen LogP contribution in [0.25, 0.3) is 0 Å². The first-order valence-electron chi connectivity index (χ1n) is 12.2. The number of rotatable bonds is 7. The topological polar surface area (TPSA) is 41.5 Å². The summed E-state index contributed by atoms with van der Waals surface area (Å²) < 4.78 is 6.41. The highest BCUT2D eigenvalue weighted by Crippen LogP contribution is 2.43. The van der Waals surface area contributed by atoms with Crippen LogP contribution in [0.4, 0.5) is 0 Å². The van der Waals surface area contributed by atoms with Gasteiger partial charge in [0, 0.05) is 12.1 Å². The van der Waals surface area contributed by atoms with Crippen LogP contribution < -0.4 is 5.32 Å². The van der Waals surface area contributed by atoms with Crippen LogP contribution in [0.1, 0.15) is 90.9 Å². The van der Waals surface area contributed by atoms with Crippen LogP contribution in [-0.2, 0) is 4.74 Å². The largest absolute Gasteiger partial charge is 0.393 e. The van der Waals surface area contributed by atoms with Gasteiger partial charge in [-0.1, -0.05) is 65.2 Å². The van der Waals surface area contributed by atoms with Crippen LogP contribution in [0.3, 0.4) is 0 Å². The van der Waals surface area contributed by atoms with Crippen LogP contribution in [0.2, 0.25) is 0 Å². The Labute approximate surface area is 167 Å². The van der Waals surface area contributed by atoms with Crippen molar-refractivity contribution in [1.29, 1.82) is 0 Å². The number of piperidine rings is 1. The molecule has 3 heteroatoms. The maximum absolute atomic E-state index is 11.0. The molecule has 2 N–H and O–H groups in total. The standard InChI is InChI=1S/C24H43NO2/c1-3-18(13-23(26)20-11-7-8-16(20)2)21-14-19-15-27-24(21)22(25-19)12-17-9-5-4-6-10-17/h16-26H,3-15H2,1-2H3. The third kappa shape index (κ3) is 4.56. The summed E-state index contributed by atoms with van der Waals surface area (Å²) in [5, 5.41) is 14.9. The molecule has 0 aromatic carbocycles. The third-order valence-electron chi connectivity index (χ3n) is 8.72. The van der Waals surface area contributed by atoms with Gasteiger partial charge < -0.3 is 15.2 Å². The first-order chi connectivity index (χ1) is 13.2. The molecule has 5 aliphatic rings. The average Bonchev–Trinajstić information content (AvgIpc) is 3.13. The molecule has 8 atom stereocenters. The minimum Gasteiger partial charge on any atom is -0.393 e. The lowest BCUT2D eigenvalue weighted by molar-refractivity contribution is -0.130. The van der Waals surface area contributed by atoms with E-state index in [1.165, 1.54) is 70.6 Å². The molecule has 3 nitrogen and oxygen atoms in total. The quantitative estimate of drug-likeness (QED) is 0.662. The molecular weight excluding hydrogens is 334 g/mol. The summed E-state index contributed by atoms with van der Waals surface area (Å²) >= 11 is 0. The van der Waals surface area contributed by atoms with E-state index in [0.29, 0.717) is 41.9 Å². The molecule has 5 rings (SSSR count). The Morgan fingerprint density at radius 2 is 1.85 bits per heavy atom. The van der Waals surface area contributed by atoms with Crippen molar-refractivity contribution in [3.05, 3.63) is 0 Å². The summed E-state index contributed by atoms with van der Waals surface area (Å²) in [5.74, 6) is 3.42. The smallest absolute Gasteiger partial charge is 0.0760 e. The highest BCUT2D eigenvalue weighted by Gasteiger charge is 2.46. The molecule has 3 heterocycles. The molecule has 0 amide bonds. The number of aliphatic hydroxyl groups is 1. The molecule has 0 aromatic heterocycles. The molecule has 3 aliphatic heterocycles. The van der Waals surface area contributed by atoms with Crippen molar-refractivity contribution in [1.82, 2.24) is 5.32 Å². The predicted octanol–water partition coefficient (Wildman–Crippen LogP) is 4.92. The third-order valence-corrected chi connectivity index (χ3v) is 8.72.